The zero-order valence-corrected chi connectivity index (χ0v) is 15.4. The summed E-state index contributed by atoms with van der Waals surface area (Å²) in [7, 11) is 0. The first-order valence-electron chi connectivity index (χ1n) is 9.75. The van der Waals surface area contributed by atoms with E-state index >= 15 is 0 Å². The van der Waals surface area contributed by atoms with Crippen LogP contribution in [0.3, 0.4) is 0 Å². The average Bonchev–Trinajstić information content (AvgIpc) is 3.35. The minimum absolute atomic E-state index is 0.111. The number of aromatic amines is 1. The lowest BCUT2D eigenvalue weighted by molar-refractivity contribution is -0.136. The van der Waals surface area contributed by atoms with Gasteiger partial charge < -0.3 is 14.8 Å². The molecule has 2 N–H and O–H groups in total. The Hall–Kier alpha value is -2.75. The van der Waals surface area contributed by atoms with E-state index in [1.165, 1.54) is 25.7 Å². The molecule has 0 saturated heterocycles. The lowest BCUT2D eigenvalue weighted by atomic mass is 9.98. The van der Waals surface area contributed by atoms with E-state index in [2.05, 4.69) is 35.3 Å². The number of carbonyl (C=O) groups is 1. The number of nitrogens with one attached hydrogen (secondary N) is 1. The number of carboxylic acid groups (broad SMARTS) is 1. The molecule has 1 heterocycles. The van der Waals surface area contributed by atoms with Gasteiger partial charge in [0.2, 0.25) is 0 Å². The molecular weight excluding hydrogens is 338 g/mol. The van der Waals surface area contributed by atoms with Crippen LogP contribution in [0.25, 0.3) is 22.0 Å². The van der Waals surface area contributed by atoms with Crippen LogP contribution in [0.5, 0.6) is 5.75 Å². The summed E-state index contributed by atoms with van der Waals surface area (Å²) in [6.07, 6.45) is 7.55. The maximum atomic E-state index is 11.1. The van der Waals surface area contributed by atoms with Gasteiger partial charge in [-0.25, -0.2) is 0 Å². The van der Waals surface area contributed by atoms with Gasteiger partial charge in [-0.2, -0.15) is 0 Å². The third kappa shape index (κ3) is 4.00. The molecule has 140 valence electrons. The summed E-state index contributed by atoms with van der Waals surface area (Å²) >= 11 is 0. The van der Waals surface area contributed by atoms with E-state index in [1.807, 2.05) is 18.3 Å². The highest BCUT2D eigenvalue weighted by atomic mass is 16.5. The summed E-state index contributed by atoms with van der Waals surface area (Å²) in [6.45, 7) is 0.712. The Bertz CT molecular complexity index is 938. The van der Waals surface area contributed by atoms with Gasteiger partial charge in [0.05, 0.1) is 6.61 Å². The third-order valence-electron chi connectivity index (χ3n) is 5.51. The second-order valence-corrected chi connectivity index (χ2v) is 7.43. The van der Waals surface area contributed by atoms with Crippen molar-refractivity contribution < 1.29 is 14.6 Å². The van der Waals surface area contributed by atoms with Crippen LogP contribution in [0.2, 0.25) is 0 Å². The number of hydrogen-bond acceptors (Lipinski definition) is 2. The van der Waals surface area contributed by atoms with Crippen LogP contribution in [0.1, 0.15) is 37.7 Å². The fraction of sp³-hybridized carbons (Fsp3) is 0.348. The minimum atomic E-state index is -0.782. The van der Waals surface area contributed by atoms with Crippen LogP contribution in [0, 0.1) is 5.92 Å². The van der Waals surface area contributed by atoms with E-state index in [9.17, 15) is 4.79 Å². The van der Waals surface area contributed by atoms with E-state index in [1.54, 1.807) is 0 Å². The molecule has 27 heavy (non-hydrogen) atoms. The number of carboxylic acids is 1. The predicted octanol–water partition coefficient (Wildman–Crippen LogP) is 5.42. The standard InChI is InChI=1S/C23H25NO3/c25-22(26)11-9-17-6-3-7-20(23(17)27-15-16-4-1-2-5-16)18-8-10-21-19(14-18)12-13-24-21/h3,6-8,10,12-14,16,24H,1-2,4-5,9,11,15H2,(H,25,26). The van der Waals surface area contributed by atoms with Crippen molar-refractivity contribution in [2.24, 2.45) is 5.92 Å². The molecule has 0 amide bonds. The fourth-order valence-electron chi connectivity index (χ4n) is 4.02. The summed E-state index contributed by atoms with van der Waals surface area (Å²) in [5.41, 5.74) is 4.22. The molecule has 0 radical (unpaired) electrons. The van der Waals surface area contributed by atoms with Crippen molar-refractivity contribution >= 4 is 16.9 Å². The van der Waals surface area contributed by atoms with Crippen molar-refractivity contribution in [2.45, 2.75) is 38.5 Å². The van der Waals surface area contributed by atoms with Gasteiger partial charge in [0.15, 0.2) is 0 Å². The van der Waals surface area contributed by atoms with Gasteiger partial charge in [0, 0.05) is 23.7 Å². The van der Waals surface area contributed by atoms with Gasteiger partial charge in [-0.3, -0.25) is 4.79 Å². The molecule has 0 bridgehead atoms. The number of benzene rings is 2. The molecule has 0 spiro atoms. The Labute approximate surface area is 159 Å². The van der Waals surface area contributed by atoms with Crippen LogP contribution >= 0.6 is 0 Å². The molecule has 4 nitrogen and oxygen atoms in total. The Kier molecular flexibility index (Phi) is 5.14. The zero-order valence-electron chi connectivity index (χ0n) is 15.4. The molecule has 4 rings (SSSR count). The van der Waals surface area contributed by atoms with Crippen molar-refractivity contribution in [3.05, 3.63) is 54.2 Å². The van der Waals surface area contributed by atoms with Crippen molar-refractivity contribution in [3.63, 3.8) is 0 Å². The highest BCUT2D eigenvalue weighted by Gasteiger charge is 2.19. The predicted molar refractivity (Wildman–Crippen MR) is 107 cm³/mol. The molecule has 4 heteroatoms. The first-order valence-corrected chi connectivity index (χ1v) is 9.75. The van der Waals surface area contributed by atoms with Gasteiger partial charge >= 0.3 is 5.97 Å². The minimum Gasteiger partial charge on any atom is -0.492 e. The zero-order chi connectivity index (χ0) is 18.6. The second-order valence-electron chi connectivity index (χ2n) is 7.43. The summed E-state index contributed by atoms with van der Waals surface area (Å²) < 4.78 is 6.33. The largest absolute Gasteiger partial charge is 0.492 e. The van der Waals surface area contributed by atoms with Gasteiger partial charge in [-0.05, 0) is 59.9 Å². The molecule has 3 aromatic rings. The molecule has 0 atom stereocenters. The normalized spacial score (nSPS) is 14.7. The highest BCUT2D eigenvalue weighted by molar-refractivity contribution is 5.86. The average molecular weight is 363 g/mol. The smallest absolute Gasteiger partial charge is 0.303 e. The number of fused-ring (bicyclic) bond motifs is 1. The number of hydrogen-bond donors (Lipinski definition) is 2. The van der Waals surface area contributed by atoms with Crippen molar-refractivity contribution in [1.29, 1.82) is 0 Å². The monoisotopic (exact) mass is 363 g/mol. The second kappa shape index (κ2) is 7.87. The summed E-state index contributed by atoms with van der Waals surface area (Å²) in [4.78, 5) is 14.3. The van der Waals surface area contributed by atoms with Gasteiger partial charge in [0.25, 0.3) is 0 Å². The molecule has 1 aliphatic carbocycles. The number of aromatic nitrogens is 1. The lowest BCUT2D eigenvalue weighted by Gasteiger charge is -2.18. The lowest BCUT2D eigenvalue weighted by Crippen LogP contribution is -2.10. The van der Waals surface area contributed by atoms with E-state index in [4.69, 9.17) is 9.84 Å². The van der Waals surface area contributed by atoms with E-state index in [0.717, 1.165) is 33.3 Å². The number of aliphatic carboxylic acids is 1. The quantitative estimate of drug-likeness (QED) is 0.589. The Morgan fingerprint density at radius 2 is 2.00 bits per heavy atom. The summed E-state index contributed by atoms with van der Waals surface area (Å²) in [5.74, 6) is 0.675. The molecule has 1 aromatic heterocycles. The highest BCUT2D eigenvalue weighted by Crippen LogP contribution is 2.36. The maximum Gasteiger partial charge on any atom is 0.303 e. The van der Waals surface area contributed by atoms with Crippen molar-refractivity contribution in [3.8, 4) is 16.9 Å². The molecule has 0 aliphatic heterocycles. The first-order chi connectivity index (χ1) is 13.2. The van der Waals surface area contributed by atoms with Gasteiger partial charge in [-0.15, -0.1) is 0 Å². The molecule has 1 saturated carbocycles. The van der Waals surface area contributed by atoms with Crippen LogP contribution in [0.4, 0.5) is 0 Å². The number of rotatable bonds is 7. The van der Waals surface area contributed by atoms with Crippen molar-refractivity contribution in [1.82, 2.24) is 4.98 Å². The third-order valence-corrected chi connectivity index (χ3v) is 5.51. The SMILES string of the molecule is O=C(O)CCc1cccc(-c2ccc3[nH]ccc3c2)c1OCC1CCCC1. The van der Waals surface area contributed by atoms with Crippen LogP contribution in [0.15, 0.2) is 48.7 Å². The molecular formula is C23H25NO3. The molecule has 1 fully saturated rings. The topological polar surface area (TPSA) is 62.3 Å². The number of aryl methyl sites for hydroxylation is 1. The van der Waals surface area contributed by atoms with Crippen LogP contribution < -0.4 is 4.74 Å². The molecule has 0 unspecified atom stereocenters. The Morgan fingerprint density at radius 1 is 1.15 bits per heavy atom. The van der Waals surface area contributed by atoms with Crippen LogP contribution in [-0.4, -0.2) is 22.7 Å². The van der Waals surface area contributed by atoms with Gasteiger partial charge in [0.1, 0.15) is 5.75 Å². The molecule has 2 aromatic carbocycles. The number of para-hydroxylation sites is 1. The van der Waals surface area contributed by atoms with E-state index in [-0.39, 0.29) is 6.42 Å². The number of ether oxygens (including phenoxy) is 1. The first kappa shape index (κ1) is 17.7. The number of H-pyrrole nitrogens is 1. The molecule has 1 aliphatic rings. The summed E-state index contributed by atoms with van der Waals surface area (Å²) in [5, 5.41) is 10.3. The fourth-order valence-corrected chi connectivity index (χ4v) is 4.02. The van der Waals surface area contributed by atoms with Crippen LogP contribution in [-0.2, 0) is 11.2 Å². The van der Waals surface area contributed by atoms with E-state index in [0.29, 0.717) is 18.9 Å². The van der Waals surface area contributed by atoms with Crippen molar-refractivity contribution in [2.75, 3.05) is 6.61 Å². The van der Waals surface area contributed by atoms with E-state index < -0.39 is 5.97 Å². The Balaban J connectivity index is 1.69. The maximum absolute atomic E-state index is 11.1. The summed E-state index contributed by atoms with van der Waals surface area (Å²) in [6, 6.07) is 14.5. The van der Waals surface area contributed by atoms with Gasteiger partial charge in [-0.1, -0.05) is 37.1 Å². The Morgan fingerprint density at radius 3 is 2.81 bits per heavy atom.